The number of fused-ring (bicyclic) bond motifs is 4. The fraction of sp³-hybridized carbons (Fsp3) is 0.897. The highest BCUT2D eigenvalue weighted by Gasteiger charge is 2.85. The molecule has 0 radical (unpaired) electrons. The third-order valence-corrected chi connectivity index (χ3v) is 12.6. The average Bonchev–Trinajstić information content (AvgIpc) is 3.45. The Bertz CT molecular complexity index is 1210. The van der Waals surface area contributed by atoms with Gasteiger partial charge in [0, 0.05) is 35.7 Å². The van der Waals surface area contributed by atoms with Crippen molar-refractivity contribution < 1.29 is 59.0 Å². The van der Waals surface area contributed by atoms with Crippen LogP contribution in [0.5, 0.6) is 0 Å². The summed E-state index contributed by atoms with van der Waals surface area (Å²) in [5.41, 5.74) is -6.07. The zero-order valence-corrected chi connectivity index (χ0v) is 23.5. The van der Waals surface area contributed by atoms with Crippen molar-refractivity contribution in [2.75, 3.05) is 6.61 Å². The molecule has 41 heavy (non-hydrogen) atoms. The Morgan fingerprint density at radius 1 is 1.00 bits per heavy atom. The maximum absolute atomic E-state index is 12.8. The molecule has 8 aliphatic rings. The third kappa shape index (κ3) is 3.17. The van der Waals surface area contributed by atoms with E-state index in [1.165, 1.54) is 6.08 Å². The highest BCUT2D eigenvalue weighted by Crippen LogP contribution is 2.77. The van der Waals surface area contributed by atoms with Crippen molar-refractivity contribution in [2.45, 2.75) is 131 Å². The van der Waals surface area contributed by atoms with Crippen LogP contribution in [0.1, 0.15) is 65.7 Å². The first-order chi connectivity index (χ1) is 19.2. The molecule has 4 aliphatic carbocycles. The van der Waals surface area contributed by atoms with Crippen LogP contribution >= 0.6 is 0 Å². The molecule has 4 aliphatic heterocycles. The lowest BCUT2D eigenvalue weighted by Gasteiger charge is -2.76. The molecule has 0 aromatic carbocycles. The minimum absolute atomic E-state index is 0.132. The second kappa shape index (κ2) is 8.09. The smallest absolute Gasteiger partial charge is 0.331 e. The second-order valence-corrected chi connectivity index (χ2v) is 14.7. The predicted molar refractivity (Wildman–Crippen MR) is 134 cm³/mol. The van der Waals surface area contributed by atoms with Crippen molar-refractivity contribution in [3.05, 3.63) is 11.6 Å². The van der Waals surface area contributed by atoms with Gasteiger partial charge < -0.3 is 44.5 Å². The lowest BCUT2D eigenvalue weighted by atomic mass is 9.35. The number of aliphatic hydroxyl groups is 5. The van der Waals surface area contributed by atoms with Gasteiger partial charge in [0.1, 0.15) is 36.6 Å². The monoisotopic (exact) mass is 580 g/mol. The van der Waals surface area contributed by atoms with Gasteiger partial charge in [0.2, 0.25) is 0 Å². The van der Waals surface area contributed by atoms with Gasteiger partial charge in [-0.1, -0.05) is 13.8 Å². The van der Waals surface area contributed by atoms with Crippen molar-refractivity contribution >= 4 is 5.97 Å². The van der Waals surface area contributed by atoms with Crippen LogP contribution in [0, 0.1) is 22.7 Å². The van der Waals surface area contributed by atoms with E-state index in [2.05, 4.69) is 0 Å². The van der Waals surface area contributed by atoms with E-state index in [9.17, 15) is 30.3 Å². The van der Waals surface area contributed by atoms with Crippen molar-refractivity contribution in [1.29, 1.82) is 0 Å². The molecule has 15 atom stereocenters. The van der Waals surface area contributed by atoms with E-state index in [4.69, 9.17) is 28.7 Å². The van der Waals surface area contributed by atoms with Gasteiger partial charge in [-0.2, -0.15) is 0 Å². The molecule has 228 valence electrons. The van der Waals surface area contributed by atoms with Crippen LogP contribution in [0.15, 0.2) is 11.6 Å². The number of ether oxygens (including phenoxy) is 4. The first-order valence-corrected chi connectivity index (χ1v) is 14.9. The van der Waals surface area contributed by atoms with E-state index in [1.807, 2.05) is 13.8 Å². The molecule has 0 aromatic heterocycles. The normalized spacial score (nSPS) is 62.3. The number of carbonyl (C=O) groups is 1. The highest BCUT2D eigenvalue weighted by molar-refractivity contribution is 5.85. The van der Waals surface area contributed by atoms with Crippen molar-refractivity contribution in [2.24, 2.45) is 22.7 Å². The van der Waals surface area contributed by atoms with Crippen LogP contribution in [-0.2, 0) is 33.5 Å². The van der Waals surface area contributed by atoms with E-state index in [0.717, 1.165) is 5.57 Å². The van der Waals surface area contributed by atoms with E-state index < -0.39 is 82.3 Å². The number of carbonyl (C=O) groups excluding carboxylic acids is 1. The van der Waals surface area contributed by atoms with Crippen LogP contribution in [0.3, 0.4) is 0 Å². The Morgan fingerprint density at radius 3 is 2.46 bits per heavy atom. The average molecular weight is 581 g/mol. The summed E-state index contributed by atoms with van der Waals surface area (Å²) in [6.07, 6.45) is -1.94. The van der Waals surface area contributed by atoms with Crippen LogP contribution in [0.2, 0.25) is 0 Å². The van der Waals surface area contributed by atoms with E-state index >= 15 is 0 Å². The number of hydrogen-bond acceptors (Lipinski definition) is 12. The number of hydrogen-bond donors (Lipinski definition) is 5. The molecular weight excluding hydrogens is 540 g/mol. The van der Waals surface area contributed by atoms with Crippen LogP contribution in [0.25, 0.3) is 0 Å². The largest absolute Gasteiger partial charge is 0.458 e. The molecule has 12 nitrogen and oxygen atoms in total. The summed E-state index contributed by atoms with van der Waals surface area (Å²) in [4.78, 5) is 23.6. The first-order valence-electron chi connectivity index (χ1n) is 14.9. The fourth-order valence-corrected chi connectivity index (χ4v) is 11.1. The Morgan fingerprint density at radius 2 is 1.78 bits per heavy atom. The van der Waals surface area contributed by atoms with Gasteiger partial charge in [0.15, 0.2) is 18.2 Å². The van der Waals surface area contributed by atoms with E-state index in [1.54, 1.807) is 6.92 Å². The maximum Gasteiger partial charge on any atom is 0.331 e. The summed E-state index contributed by atoms with van der Waals surface area (Å²) in [5.74, 6) is -1.18. The van der Waals surface area contributed by atoms with Gasteiger partial charge in [0.05, 0.1) is 17.3 Å². The molecule has 8 rings (SSSR count). The molecule has 12 heteroatoms. The zero-order chi connectivity index (χ0) is 29.0. The lowest BCUT2D eigenvalue weighted by molar-refractivity contribution is -0.584. The maximum atomic E-state index is 12.8. The molecule has 4 heterocycles. The number of aliphatic hydroxyl groups excluding tert-OH is 2. The molecular formula is C29H40O12. The summed E-state index contributed by atoms with van der Waals surface area (Å²) in [6.45, 7) is 5.99. The zero-order valence-electron chi connectivity index (χ0n) is 23.5. The van der Waals surface area contributed by atoms with Crippen molar-refractivity contribution in [3.8, 4) is 0 Å². The van der Waals surface area contributed by atoms with Crippen molar-refractivity contribution in [1.82, 2.24) is 0 Å². The predicted octanol–water partition coefficient (Wildman–Crippen LogP) is -0.0297. The van der Waals surface area contributed by atoms with Crippen LogP contribution in [-0.4, -0.2) is 104 Å². The van der Waals surface area contributed by atoms with Gasteiger partial charge in [-0.15, -0.1) is 0 Å². The molecule has 0 aromatic rings. The van der Waals surface area contributed by atoms with E-state index in [-0.39, 0.29) is 37.8 Å². The topological polar surface area (TPSA) is 177 Å². The minimum Gasteiger partial charge on any atom is -0.458 e. The molecule has 0 bridgehead atoms. The summed E-state index contributed by atoms with van der Waals surface area (Å²) in [6, 6.07) is 0. The Kier molecular flexibility index (Phi) is 5.40. The number of esters is 1. The molecule has 1 spiro atoms. The molecule has 13 unspecified atom stereocenters. The summed E-state index contributed by atoms with van der Waals surface area (Å²) >= 11 is 0. The molecule has 4 saturated carbocycles. The standard InChI is InChI=1S/C29H40O12/c1-24-6-7-27(34)10-14(37-21-19(32)18(31)20-22(38-20)39-21)9-16-29(27,41-40-16)23(24)26(3,33)12-25(2)15(4-5-28(24,25)35)13-8-17(30)36-11-13/h8,14-16,18-23,31-35H,4-7,9-12H2,1-3H3/t14?,15?,16?,18?,19?,20?,21?,22?,23-,24?,25?,26-,27?,28?,29?/m1/s1. The Hall–Kier alpha value is -1.19. The van der Waals surface area contributed by atoms with Crippen molar-refractivity contribution in [3.63, 3.8) is 0 Å². The molecule has 3 saturated heterocycles. The Balaban J connectivity index is 1.12. The summed E-state index contributed by atoms with van der Waals surface area (Å²) in [7, 11) is 0. The van der Waals surface area contributed by atoms with Gasteiger partial charge in [0.25, 0.3) is 0 Å². The molecule has 7 fully saturated rings. The molecule has 5 N–H and O–H groups in total. The second-order valence-electron chi connectivity index (χ2n) is 14.7. The number of epoxide rings is 1. The van der Waals surface area contributed by atoms with Gasteiger partial charge in [-0.25, -0.2) is 14.6 Å². The number of cyclic esters (lactones) is 1. The van der Waals surface area contributed by atoms with Gasteiger partial charge >= 0.3 is 5.97 Å². The summed E-state index contributed by atoms with van der Waals surface area (Å²) in [5, 5.41) is 58.3. The minimum atomic E-state index is -1.46. The van der Waals surface area contributed by atoms with Gasteiger partial charge in [-0.05, 0) is 50.5 Å². The SMILES string of the molecule is CC12C[C@@](C)(O)[C@H]3C(C)(CCC4(O)CC(OC5OC6OC6C(O)C5O)CC5OOC534)C1(O)CCC2C1=CC(=O)OC1. The fourth-order valence-electron chi connectivity index (χ4n) is 11.1. The van der Waals surface area contributed by atoms with Crippen LogP contribution < -0.4 is 0 Å². The van der Waals surface area contributed by atoms with Gasteiger partial charge in [-0.3, -0.25) is 0 Å². The third-order valence-electron chi connectivity index (χ3n) is 12.6. The lowest BCUT2D eigenvalue weighted by Crippen LogP contribution is -2.87. The highest BCUT2D eigenvalue weighted by atomic mass is 17.3. The summed E-state index contributed by atoms with van der Waals surface area (Å²) < 4.78 is 22.2. The molecule has 0 amide bonds. The Labute approximate surface area is 237 Å². The quantitative estimate of drug-likeness (QED) is 0.131. The number of rotatable bonds is 3. The van der Waals surface area contributed by atoms with Crippen LogP contribution in [0.4, 0.5) is 0 Å². The first kappa shape index (κ1) is 27.4. The van der Waals surface area contributed by atoms with E-state index in [0.29, 0.717) is 25.7 Å².